The molecule has 1 aliphatic rings. The summed E-state index contributed by atoms with van der Waals surface area (Å²) in [6, 6.07) is 8.21. The van der Waals surface area contributed by atoms with Gasteiger partial charge in [-0.15, -0.1) is 5.10 Å². The van der Waals surface area contributed by atoms with Crippen LogP contribution in [0.2, 0.25) is 0 Å². The Morgan fingerprint density at radius 2 is 2.08 bits per heavy atom. The zero-order valence-corrected chi connectivity index (χ0v) is 16.7. The van der Waals surface area contributed by atoms with Crippen molar-refractivity contribution in [1.29, 1.82) is 0 Å². The van der Waals surface area contributed by atoms with Gasteiger partial charge in [0, 0.05) is 6.04 Å². The molecule has 1 N–H and O–H groups in total. The summed E-state index contributed by atoms with van der Waals surface area (Å²) in [5, 5.41) is 15.6. The van der Waals surface area contributed by atoms with Crippen molar-refractivity contribution in [3.05, 3.63) is 29.8 Å². The maximum Gasteiger partial charge on any atom is 0.233 e. The molecule has 6 nitrogen and oxygen atoms in total. The van der Waals surface area contributed by atoms with E-state index in [0.29, 0.717) is 17.0 Å². The first-order valence-corrected chi connectivity index (χ1v) is 10.2. The number of aromatic nitrogens is 4. The van der Waals surface area contributed by atoms with E-state index in [2.05, 4.69) is 34.7 Å². The molecule has 1 aromatic heterocycles. The number of hydrogen-bond donors (Lipinski definition) is 1. The van der Waals surface area contributed by atoms with Gasteiger partial charge in [0.25, 0.3) is 0 Å². The van der Waals surface area contributed by atoms with Crippen LogP contribution in [0.25, 0.3) is 5.69 Å². The zero-order chi connectivity index (χ0) is 18.7. The van der Waals surface area contributed by atoms with Crippen LogP contribution in [0.1, 0.15) is 45.6 Å². The third-order valence-corrected chi connectivity index (χ3v) is 6.50. The number of benzene rings is 1. The van der Waals surface area contributed by atoms with Crippen molar-refractivity contribution in [3.8, 4) is 5.69 Å². The lowest BCUT2D eigenvalue weighted by Gasteiger charge is -2.35. The highest BCUT2D eigenvalue weighted by molar-refractivity contribution is 8.00. The zero-order valence-electron chi connectivity index (χ0n) is 15.8. The molecule has 1 aliphatic carbocycles. The molecule has 7 heteroatoms. The van der Waals surface area contributed by atoms with Crippen LogP contribution in [0.15, 0.2) is 29.4 Å². The fourth-order valence-corrected chi connectivity index (χ4v) is 4.31. The largest absolute Gasteiger partial charge is 0.352 e. The van der Waals surface area contributed by atoms with Gasteiger partial charge in [0.2, 0.25) is 11.1 Å². The van der Waals surface area contributed by atoms with Crippen molar-refractivity contribution in [2.75, 3.05) is 0 Å². The molecule has 0 radical (unpaired) electrons. The molecule has 1 saturated carbocycles. The average Bonchev–Trinajstić information content (AvgIpc) is 3.07. The monoisotopic (exact) mass is 373 g/mol. The number of nitrogens with zero attached hydrogens (tertiary/aromatic N) is 4. The minimum absolute atomic E-state index is 0.0558. The van der Waals surface area contributed by atoms with Crippen LogP contribution in [0.3, 0.4) is 0 Å². The van der Waals surface area contributed by atoms with Crippen molar-refractivity contribution in [1.82, 2.24) is 25.5 Å². The average molecular weight is 374 g/mol. The number of carbonyl (C=O) groups is 1. The van der Waals surface area contributed by atoms with Crippen LogP contribution < -0.4 is 5.32 Å². The molecule has 1 fully saturated rings. The summed E-state index contributed by atoms with van der Waals surface area (Å²) in [4.78, 5) is 12.7. The van der Waals surface area contributed by atoms with Crippen LogP contribution in [0, 0.1) is 18.8 Å². The lowest BCUT2D eigenvalue weighted by molar-refractivity contribution is -0.121. The molecule has 3 rings (SSSR count). The topological polar surface area (TPSA) is 72.7 Å². The van der Waals surface area contributed by atoms with E-state index in [1.807, 2.05) is 38.1 Å². The Labute approximate surface area is 159 Å². The van der Waals surface area contributed by atoms with E-state index in [1.54, 1.807) is 4.68 Å². The molecule has 2 aromatic rings. The van der Waals surface area contributed by atoms with Gasteiger partial charge in [0.15, 0.2) is 0 Å². The second-order valence-corrected chi connectivity index (χ2v) is 8.61. The first-order valence-electron chi connectivity index (χ1n) is 9.28. The minimum Gasteiger partial charge on any atom is -0.352 e. The number of aryl methyl sites for hydroxylation is 1. The van der Waals surface area contributed by atoms with Crippen LogP contribution in [-0.2, 0) is 4.79 Å². The molecular weight excluding hydrogens is 346 g/mol. The van der Waals surface area contributed by atoms with Crippen LogP contribution in [0.5, 0.6) is 0 Å². The van der Waals surface area contributed by atoms with E-state index in [9.17, 15) is 4.79 Å². The highest BCUT2D eigenvalue weighted by atomic mass is 32.2. The number of amides is 1. The number of carbonyl (C=O) groups excluding carboxylic acids is 1. The predicted molar refractivity (Wildman–Crippen MR) is 103 cm³/mol. The van der Waals surface area contributed by atoms with Gasteiger partial charge in [-0.25, -0.2) is 0 Å². The van der Waals surface area contributed by atoms with E-state index in [1.165, 1.54) is 24.6 Å². The molecule has 140 valence electrons. The van der Waals surface area contributed by atoms with Gasteiger partial charge in [-0.05, 0) is 54.2 Å². The maximum absolute atomic E-state index is 12.7. The SMILES string of the molecule is Cc1ccccc1-n1nnnc1S[C@@H](C)C(=O)N[C@H]1CCC[C@H](C)[C@@H]1C. The third-order valence-electron chi connectivity index (χ3n) is 5.47. The lowest BCUT2D eigenvalue weighted by Crippen LogP contribution is -2.46. The maximum atomic E-state index is 12.7. The summed E-state index contributed by atoms with van der Waals surface area (Å²) in [7, 11) is 0. The minimum atomic E-state index is -0.256. The summed E-state index contributed by atoms with van der Waals surface area (Å²) >= 11 is 1.39. The molecule has 4 atom stereocenters. The summed E-state index contributed by atoms with van der Waals surface area (Å²) < 4.78 is 1.70. The highest BCUT2D eigenvalue weighted by Crippen LogP contribution is 2.30. The van der Waals surface area contributed by atoms with E-state index >= 15 is 0 Å². The molecule has 0 spiro atoms. The molecule has 1 amide bonds. The van der Waals surface area contributed by atoms with Crippen LogP contribution >= 0.6 is 11.8 Å². The highest BCUT2D eigenvalue weighted by Gasteiger charge is 2.30. The Morgan fingerprint density at radius 3 is 2.85 bits per heavy atom. The van der Waals surface area contributed by atoms with Crippen molar-refractivity contribution < 1.29 is 4.79 Å². The van der Waals surface area contributed by atoms with Gasteiger partial charge in [0.1, 0.15) is 0 Å². The fraction of sp³-hybridized carbons (Fsp3) is 0.579. The number of nitrogens with one attached hydrogen (secondary N) is 1. The first kappa shape index (κ1) is 18.9. The normalized spacial score (nSPS) is 24.2. The molecule has 0 unspecified atom stereocenters. The lowest BCUT2D eigenvalue weighted by atomic mass is 9.78. The molecule has 0 bridgehead atoms. The summed E-state index contributed by atoms with van der Waals surface area (Å²) in [5.41, 5.74) is 2.02. The predicted octanol–water partition coefficient (Wildman–Crippen LogP) is 3.39. The Bertz CT molecular complexity index is 762. The number of tetrazole rings is 1. The summed E-state index contributed by atoms with van der Waals surface area (Å²) in [6.45, 7) is 8.45. The second-order valence-electron chi connectivity index (χ2n) is 7.30. The van der Waals surface area contributed by atoms with E-state index in [-0.39, 0.29) is 17.2 Å². The van der Waals surface area contributed by atoms with Gasteiger partial charge in [-0.3, -0.25) is 4.79 Å². The van der Waals surface area contributed by atoms with Crippen LogP contribution in [0.4, 0.5) is 0 Å². The second kappa shape index (κ2) is 8.20. The third kappa shape index (κ3) is 4.09. The first-order chi connectivity index (χ1) is 12.5. The van der Waals surface area contributed by atoms with Gasteiger partial charge in [0.05, 0.1) is 10.9 Å². The Hall–Kier alpha value is -1.89. The number of hydrogen-bond acceptors (Lipinski definition) is 5. The number of rotatable bonds is 5. The Kier molecular flexibility index (Phi) is 5.96. The standard InChI is InChI=1S/C19H27N5OS/c1-12-9-7-10-16(14(12)3)20-18(25)15(4)26-19-21-22-23-24(19)17-11-6-5-8-13(17)2/h5-6,8,11-12,14-16H,7,9-10H2,1-4H3,(H,20,25)/t12-,14-,15-,16-/m0/s1. The van der Waals surface area contributed by atoms with E-state index in [4.69, 9.17) is 0 Å². The van der Waals surface area contributed by atoms with E-state index in [0.717, 1.165) is 17.7 Å². The fourth-order valence-electron chi connectivity index (χ4n) is 3.50. The molecule has 26 heavy (non-hydrogen) atoms. The molecular formula is C19H27N5OS. The molecule has 0 saturated heterocycles. The van der Waals surface area contributed by atoms with Crippen molar-refractivity contribution in [2.24, 2.45) is 11.8 Å². The summed E-state index contributed by atoms with van der Waals surface area (Å²) in [5.74, 6) is 1.23. The quantitative estimate of drug-likeness (QED) is 0.813. The van der Waals surface area contributed by atoms with E-state index < -0.39 is 0 Å². The van der Waals surface area contributed by atoms with Gasteiger partial charge >= 0.3 is 0 Å². The van der Waals surface area contributed by atoms with Crippen molar-refractivity contribution >= 4 is 17.7 Å². The Balaban J connectivity index is 1.67. The number of para-hydroxylation sites is 1. The Morgan fingerprint density at radius 1 is 1.31 bits per heavy atom. The smallest absolute Gasteiger partial charge is 0.233 e. The summed E-state index contributed by atoms with van der Waals surface area (Å²) in [6.07, 6.45) is 3.50. The van der Waals surface area contributed by atoms with Gasteiger partial charge in [-0.2, -0.15) is 4.68 Å². The molecule has 1 aromatic carbocycles. The van der Waals surface area contributed by atoms with Crippen LogP contribution in [-0.4, -0.2) is 37.4 Å². The molecule has 0 aliphatic heterocycles. The van der Waals surface area contributed by atoms with Gasteiger partial charge in [-0.1, -0.05) is 56.7 Å². The van der Waals surface area contributed by atoms with Crippen molar-refractivity contribution in [3.63, 3.8) is 0 Å². The molecule has 1 heterocycles. The number of thioether (sulfide) groups is 1. The van der Waals surface area contributed by atoms with Crippen molar-refractivity contribution in [2.45, 2.75) is 63.4 Å². The van der Waals surface area contributed by atoms with Gasteiger partial charge < -0.3 is 5.32 Å².